The largest absolute Gasteiger partial charge is 0.871 e. The number of carboxylic acid groups (broad SMARTS) is 1. The number of nitrogens with one attached hydrogen (secondary N) is 1. The Labute approximate surface area is 150 Å². The average molecular weight is 346 g/mol. The van der Waals surface area contributed by atoms with E-state index in [0.29, 0.717) is 16.7 Å². The Morgan fingerprint density at radius 2 is 1.46 bits per heavy atom. The fraction of sp³-hybridized carbons (Fsp3) is 0.0476. The van der Waals surface area contributed by atoms with E-state index in [9.17, 15) is 19.8 Å². The summed E-state index contributed by atoms with van der Waals surface area (Å²) in [5.74, 6) is -1.83. The maximum absolute atomic E-state index is 12.8. The first-order valence-corrected chi connectivity index (χ1v) is 7.98. The first-order valence-electron chi connectivity index (χ1n) is 7.98. The summed E-state index contributed by atoms with van der Waals surface area (Å²) in [7, 11) is 0. The number of benzene rings is 3. The van der Waals surface area contributed by atoms with E-state index in [0.717, 1.165) is 5.56 Å². The second kappa shape index (κ2) is 7.11. The molecule has 0 bridgehead atoms. The topological polar surface area (TPSA) is 89.5 Å². The highest BCUT2D eigenvalue weighted by atomic mass is 16.4. The molecule has 1 amide bonds. The highest BCUT2D eigenvalue weighted by Crippen LogP contribution is 2.29. The van der Waals surface area contributed by atoms with Gasteiger partial charge >= 0.3 is 5.97 Å². The third kappa shape index (κ3) is 3.42. The molecule has 0 aliphatic carbocycles. The van der Waals surface area contributed by atoms with Gasteiger partial charge in [-0.1, -0.05) is 54.3 Å². The van der Waals surface area contributed by atoms with Crippen LogP contribution in [-0.2, 0) is 0 Å². The number of rotatable bonds is 4. The molecule has 3 aromatic carbocycles. The molecule has 0 aliphatic rings. The monoisotopic (exact) mass is 346 g/mol. The Balaban J connectivity index is 2.04. The van der Waals surface area contributed by atoms with Crippen LogP contribution in [0.2, 0.25) is 0 Å². The van der Waals surface area contributed by atoms with Gasteiger partial charge in [-0.2, -0.15) is 0 Å². The molecule has 0 saturated heterocycles. The van der Waals surface area contributed by atoms with Crippen molar-refractivity contribution in [2.75, 3.05) is 5.32 Å². The number of aromatic carboxylic acids is 1. The van der Waals surface area contributed by atoms with Gasteiger partial charge in [0.1, 0.15) is 0 Å². The van der Waals surface area contributed by atoms with E-state index in [4.69, 9.17) is 0 Å². The summed E-state index contributed by atoms with van der Waals surface area (Å²) in [6, 6.07) is 17.9. The van der Waals surface area contributed by atoms with Crippen LogP contribution in [0, 0.1) is 6.92 Å². The molecule has 3 rings (SSSR count). The Bertz CT molecular complexity index is 995. The van der Waals surface area contributed by atoms with Crippen LogP contribution in [0.15, 0.2) is 66.7 Å². The van der Waals surface area contributed by atoms with E-state index in [2.05, 4.69) is 5.32 Å². The predicted molar refractivity (Wildman–Crippen MR) is 97.4 cm³/mol. The lowest BCUT2D eigenvalue weighted by molar-refractivity contribution is -0.267. The summed E-state index contributed by atoms with van der Waals surface area (Å²) in [6.07, 6.45) is 0. The molecule has 5 heteroatoms. The Kier molecular flexibility index (Phi) is 4.71. The molecule has 0 fully saturated rings. The van der Waals surface area contributed by atoms with E-state index < -0.39 is 11.9 Å². The summed E-state index contributed by atoms with van der Waals surface area (Å²) in [5.41, 5.74) is 2.37. The fourth-order valence-electron chi connectivity index (χ4n) is 2.75. The van der Waals surface area contributed by atoms with E-state index in [1.807, 2.05) is 6.92 Å². The Morgan fingerprint density at radius 1 is 0.885 bits per heavy atom. The molecular weight excluding hydrogens is 330 g/mol. The van der Waals surface area contributed by atoms with Gasteiger partial charge < -0.3 is 15.5 Å². The molecule has 0 spiro atoms. The number of carbonyl (C=O) groups excluding carboxylic acids is 1. The molecule has 26 heavy (non-hydrogen) atoms. The molecule has 0 aromatic heterocycles. The molecular formula is C21H16NO4-. The first kappa shape index (κ1) is 17.2. The maximum Gasteiger partial charge on any atom is 0.336 e. The number of aryl methyl sites for hydroxylation is 1. The van der Waals surface area contributed by atoms with Crippen molar-refractivity contribution in [3.63, 3.8) is 0 Å². The van der Waals surface area contributed by atoms with Crippen LogP contribution in [0.5, 0.6) is 5.75 Å². The summed E-state index contributed by atoms with van der Waals surface area (Å²) in [5, 5.41) is 24.0. The van der Waals surface area contributed by atoms with Gasteiger partial charge in [0.15, 0.2) is 0 Å². The second-order valence-electron chi connectivity index (χ2n) is 5.85. The Morgan fingerprint density at radius 3 is 2.12 bits per heavy atom. The minimum Gasteiger partial charge on any atom is -0.871 e. The standard InChI is InChI=1S/C21H17NO4/c1-13-10-11-19(23)18(12-13)22-20(24)16-8-4-2-6-14(16)15-7-3-5-9-17(15)21(25)26/h2-12,23H,1H3,(H,22,24)(H,25,26)/p-1. The maximum atomic E-state index is 12.8. The minimum absolute atomic E-state index is 0.104. The summed E-state index contributed by atoms with van der Waals surface area (Å²) >= 11 is 0. The summed E-state index contributed by atoms with van der Waals surface area (Å²) < 4.78 is 0. The van der Waals surface area contributed by atoms with Gasteiger partial charge in [0.05, 0.1) is 5.56 Å². The van der Waals surface area contributed by atoms with E-state index in [1.165, 1.54) is 12.1 Å². The summed E-state index contributed by atoms with van der Waals surface area (Å²) in [6.45, 7) is 1.83. The number of hydrogen-bond acceptors (Lipinski definition) is 3. The van der Waals surface area contributed by atoms with Crippen molar-refractivity contribution in [2.24, 2.45) is 0 Å². The van der Waals surface area contributed by atoms with Crippen molar-refractivity contribution in [2.45, 2.75) is 6.92 Å². The van der Waals surface area contributed by atoms with Gasteiger partial charge in [-0.15, -0.1) is 0 Å². The molecule has 130 valence electrons. The van der Waals surface area contributed by atoms with Crippen molar-refractivity contribution in [1.29, 1.82) is 0 Å². The lowest BCUT2D eigenvalue weighted by Gasteiger charge is -2.17. The molecule has 2 N–H and O–H groups in total. The minimum atomic E-state index is -1.07. The lowest BCUT2D eigenvalue weighted by Crippen LogP contribution is -2.15. The molecule has 0 atom stereocenters. The normalized spacial score (nSPS) is 10.3. The number of hydrogen-bond donors (Lipinski definition) is 2. The van der Waals surface area contributed by atoms with Crippen molar-refractivity contribution in [3.8, 4) is 16.9 Å². The number of anilines is 1. The van der Waals surface area contributed by atoms with E-state index >= 15 is 0 Å². The van der Waals surface area contributed by atoms with Crippen LogP contribution >= 0.6 is 0 Å². The van der Waals surface area contributed by atoms with Gasteiger partial charge in [0.2, 0.25) is 0 Å². The van der Waals surface area contributed by atoms with Gasteiger partial charge in [-0.05, 0) is 41.8 Å². The highest BCUT2D eigenvalue weighted by Gasteiger charge is 2.17. The average Bonchev–Trinajstić information content (AvgIpc) is 2.64. The van der Waals surface area contributed by atoms with Gasteiger partial charge in [-0.25, -0.2) is 4.79 Å². The zero-order chi connectivity index (χ0) is 18.7. The summed E-state index contributed by atoms with van der Waals surface area (Å²) in [4.78, 5) is 24.3. The smallest absolute Gasteiger partial charge is 0.336 e. The first-order chi connectivity index (χ1) is 12.5. The molecule has 3 aromatic rings. The number of carboxylic acids is 1. The lowest BCUT2D eigenvalue weighted by atomic mass is 9.95. The highest BCUT2D eigenvalue weighted by molar-refractivity contribution is 6.10. The number of carbonyl (C=O) groups is 2. The molecule has 0 heterocycles. The van der Waals surface area contributed by atoms with Crippen LogP contribution in [0.1, 0.15) is 26.3 Å². The van der Waals surface area contributed by atoms with Crippen LogP contribution < -0.4 is 10.4 Å². The van der Waals surface area contributed by atoms with E-state index in [1.54, 1.807) is 54.6 Å². The van der Waals surface area contributed by atoms with Crippen LogP contribution in [0.25, 0.3) is 11.1 Å². The van der Waals surface area contributed by atoms with Crippen molar-refractivity contribution < 1.29 is 19.8 Å². The SMILES string of the molecule is Cc1ccc([O-])c(NC(=O)c2ccccc2-c2ccccc2C(=O)O)c1. The number of amides is 1. The van der Waals surface area contributed by atoms with Crippen molar-refractivity contribution >= 4 is 17.6 Å². The van der Waals surface area contributed by atoms with E-state index in [-0.39, 0.29) is 17.0 Å². The molecule has 0 aliphatic heterocycles. The predicted octanol–water partition coefficient (Wildman–Crippen LogP) is 3.69. The van der Waals surface area contributed by atoms with Crippen molar-refractivity contribution in [3.05, 3.63) is 83.4 Å². The quantitative estimate of drug-likeness (QED) is 0.754. The van der Waals surface area contributed by atoms with Gasteiger partial charge in [0.25, 0.3) is 5.91 Å². The molecule has 5 nitrogen and oxygen atoms in total. The van der Waals surface area contributed by atoms with Crippen LogP contribution in [0.4, 0.5) is 5.69 Å². The zero-order valence-electron chi connectivity index (χ0n) is 14.0. The Hall–Kier alpha value is -3.60. The molecule has 0 saturated carbocycles. The van der Waals surface area contributed by atoms with Gasteiger partial charge in [-0.3, -0.25) is 4.79 Å². The molecule has 0 unspecified atom stereocenters. The van der Waals surface area contributed by atoms with Crippen LogP contribution in [-0.4, -0.2) is 17.0 Å². The fourth-order valence-corrected chi connectivity index (χ4v) is 2.75. The van der Waals surface area contributed by atoms with Gasteiger partial charge in [0, 0.05) is 11.3 Å². The van der Waals surface area contributed by atoms with Crippen LogP contribution in [0.3, 0.4) is 0 Å². The zero-order valence-corrected chi connectivity index (χ0v) is 14.0. The second-order valence-corrected chi connectivity index (χ2v) is 5.85. The third-order valence-corrected chi connectivity index (χ3v) is 4.00. The third-order valence-electron chi connectivity index (χ3n) is 4.00. The van der Waals surface area contributed by atoms with Crippen molar-refractivity contribution in [1.82, 2.24) is 0 Å². The molecule has 0 radical (unpaired) electrons.